The van der Waals surface area contributed by atoms with Gasteiger partial charge in [0.2, 0.25) is 11.6 Å². The van der Waals surface area contributed by atoms with E-state index >= 15 is 13.2 Å². The number of alkyl halides is 3. The van der Waals surface area contributed by atoms with Gasteiger partial charge in [-0.3, -0.25) is 28.2 Å². The molecule has 9 atom stereocenters. The van der Waals surface area contributed by atoms with Gasteiger partial charge in [0.05, 0.1) is 25.9 Å². The minimum atomic E-state index is -4.48. The lowest BCUT2D eigenvalue weighted by molar-refractivity contribution is -0.116. The van der Waals surface area contributed by atoms with Crippen molar-refractivity contribution in [3.8, 4) is 0 Å². The molecule has 7 heterocycles. The molecular formula is C21H21F3N8O9P2S3. The Hall–Kier alpha value is -2.14. The smallest absolute Gasteiger partial charge is 0.325 e. The van der Waals surface area contributed by atoms with E-state index in [-0.39, 0.29) is 40.8 Å². The second kappa shape index (κ2) is 11.5. The molecule has 3 saturated heterocycles. The number of aromatic amines is 1. The highest BCUT2D eigenvalue weighted by Gasteiger charge is 2.63. The Bertz CT molecular complexity index is 1930. The molecule has 3 aromatic rings. The number of H-pyrrole nitrogens is 1. The van der Waals surface area contributed by atoms with E-state index in [0.29, 0.717) is 0 Å². The summed E-state index contributed by atoms with van der Waals surface area (Å²) in [7, 11) is 0. The SMILES string of the molecule is Nc1nc2c(ncn2[C@@H]2O[C@@H]3COP(O)(=S)O[C@H]4[C@H](F)[C@H](n5cnc6c5N=CCC6=O)O[C@@H]4COP(=S)(S)O[C@@H]2C3(F)F)c(=O)[nH]1. The van der Waals surface area contributed by atoms with Gasteiger partial charge in [-0.2, -0.15) is 4.98 Å². The topological polar surface area (TPSA) is 212 Å². The summed E-state index contributed by atoms with van der Waals surface area (Å²) in [5, 5.41) is 0. The molecule has 0 saturated carbocycles. The van der Waals surface area contributed by atoms with Gasteiger partial charge in [-0.1, -0.05) is 12.2 Å². The summed E-state index contributed by atoms with van der Waals surface area (Å²) >= 11 is 14.6. The summed E-state index contributed by atoms with van der Waals surface area (Å²) in [6.07, 6.45) is -9.24. The number of nitrogens with two attached hydrogens (primary N) is 1. The van der Waals surface area contributed by atoms with Crippen LogP contribution >= 0.6 is 24.7 Å². The van der Waals surface area contributed by atoms with Gasteiger partial charge in [-0.15, -0.1) is 0 Å². The molecule has 3 aromatic heterocycles. The number of hydrogen-bond donors (Lipinski definition) is 4. The molecule has 0 spiro atoms. The zero-order valence-electron chi connectivity index (χ0n) is 22.7. The Kier molecular flexibility index (Phi) is 8.09. The molecule has 248 valence electrons. The number of Topliss-reactive ketones (excluding diaryl/α,β-unsaturated/α-hetero) is 1. The van der Waals surface area contributed by atoms with Crippen LogP contribution in [0.15, 0.2) is 22.4 Å². The molecule has 4 N–H and O–H groups in total. The van der Waals surface area contributed by atoms with Crippen molar-refractivity contribution >= 4 is 83.2 Å². The van der Waals surface area contributed by atoms with Crippen LogP contribution in [0.25, 0.3) is 11.2 Å². The number of carbonyl (C=O) groups is 1. The van der Waals surface area contributed by atoms with Crippen molar-refractivity contribution in [1.82, 2.24) is 29.1 Å². The predicted molar refractivity (Wildman–Crippen MR) is 161 cm³/mol. The van der Waals surface area contributed by atoms with Crippen LogP contribution in [0.3, 0.4) is 0 Å². The summed E-state index contributed by atoms with van der Waals surface area (Å²) < 4.78 is 83.5. The number of aliphatic imine (C=N–C) groups is 1. The van der Waals surface area contributed by atoms with Gasteiger partial charge in [0, 0.05) is 12.6 Å². The summed E-state index contributed by atoms with van der Waals surface area (Å²) in [6, 6.07) is 0. The summed E-state index contributed by atoms with van der Waals surface area (Å²) in [6.45, 7) is -6.17. The van der Waals surface area contributed by atoms with Crippen molar-refractivity contribution in [3.63, 3.8) is 0 Å². The third-order valence-corrected chi connectivity index (χ3v) is 11.2. The number of imidazole rings is 2. The molecule has 0 amide bonds. The largest absolute Gasteiger partial charge is 0.369 e. The van der Waals surface area contributed by atoms with E-state index in [1.54, 1.807) is 0 Å². The Morgan fingerprint density at radius 2 is 1.87 bits per heavy atom. The van der Waals surface area contributed by atoms with Crippen molar-refractivity contribution in [2.24, 2.45) is 4.99 Å². The maximum absolute atomic E-state index is 16.0. The molecule has 7 rings (SSSR count). The van der Waals surface area contributed by atoms with E-state index in [9.17, 15) is 14.5 Å². The zero-order valence-corrected chi connectivity index (χ0v) is 27.0. The predicted octanol–water partition coefficient (Wildman–Crippen LogP) is 1.84. The number of carbonyl (C=O) groups excluding carboxylic acids is 1. The Balaban J connectivity index is 1.22. The number of aromatic nitrogens is 6. The highest BCUT2D eigenvalue weighted by atomic mass is 32.9. The molecule has 46 heavy (non-hydrogen) atoms. The standard InChI is InChI=1S/C21H21F3N8O9P2S3/c22-10-13-8(38-18(10)31-5-27-11-7(33)1-2-26-15(11)31)3-37-43(45,46)41-14-19(32-6-28-12-16(32)29-20(25)30-17(12)34)39-9(21(14,23)24)4-36-42(35,44)40-13/h2,5-6,8-10,13-14,18-19H,1,3-4H2,(H,35,44)(H,45,46)(H3,25,29,30,34)/t8-,9-,10+,13-,14+,18-,19-,42?/m1/s1. The molecule has 17 nitrogen and oxygen atoms in total. The fourth-order valence-corrected chi connectivity index (χ4v) is 8.68. The fraction of sp³-hybridized carbons (Fsp3) is 0.524. The minimum absolute atomic E-state index is 0.00611. The number of rotatable bonds is 2. The molecular weight excluding hydrogens is 723 g/mol. The van der Waals surface area contributed by atoms with E-state index in [1.165, 1.54) is 10.8 Å². The molecule has 2 unspecified atom stereocenters. The van der Waals surface area contributed by atoms with Crippen LogP contribution in [0.5, 0.6) is 0 Å². The van der Waals surface area contributed by atoms with Crippen LogP contribution in [-0.4, -0.2) is 95.7 Å². The molecule has 3 fully saturated rings. The Morgan fingerprint density at radius 1 is 1.11 bits per heavy atom. The summed E-state index contributed by atoms with van der Waals surface area (Å²) in [4.78, 5) is 53.7. The molecule has 0 radical (unpaired) electrons. The van der Waals surface area contributed by atoms with Crippen LogP contribution in [-0.2, 0) is 51.2 Å². The molecule has 2 bridgehead atoms. The van der Waals surface area contributed by atoms with Gasteiger partial charge < -0.3 is 33.7 Å². The van der Waals surface area contributed by atoms with E-state index in [4.69, 9.17) is 56.9 Å². The van der Waals surface area contributed by atoms with E-state index < -0.39 is 80.2 Å². The number of anilines is 1. The lowest BCUT2D eigenvalue weighted by atomic mass is 10.1. The monoisotopic (exact) mass is 744 g/mol. The molecule has 25 heteroatoms. The number of halogens is 3. The summed E-state index contributed by atoms with van der Waals surface area (Å²) in [5.41, 5.74) is 0.525. The molecule has 0 aliphatic carbocycles. The number of nitrogens with zero attached hydrogens (tertiary/aromatic N) is 6. The normalized spacial score (nSPS) is 37.8. The lowest BCUT2D eigenvalue weighted by Gasteiger charge is -2.29. The van der Waals surface area contributed by atoms with Crippen molar-refractivity contribution in [3.05, 3.63) is 28.7 Å². The van der Waals surface area contributed by atoms with Crippen LogP contribution in [0.2, 0.25) is 0 Å². The maximum Gasteiger partial charge on any atom is 0.325 e. The van der Waals surface area contributed by atoms with Gasteiger partial charge in [-0.05, 0) is 23.6 Å². The number of ether oxygens (including phenoxy) is 2. The first-order chi connectivity index (χ1) is 21.6. The van der Waals surface area contributed by atoms with Crippen LogP contribution in [0.4, 0.5) is 24.9 Å². The van der Waals surface area contributed by atoms with Gasteiger partial charge in [0.25, 0.3) is 5.56 Å². The maximum atomic E-state index is 16.0. The number of nitrogens with one attached hydrogen (secondary N) is 1. The van der Waals surface area contributed by atoms with E-state index in [0.717, 1.165) is 17.2 Å². The van der Waals surface area contributed by atoms with Gasteiger partial charge >= 0.3 is 12.6 Å². The van der Waals surface area contributed by atoms with Crippen molar-refractivity contribution in [1.29, 1.82) is 0 Å². The first kappa shape index (κ1) is 32.4. The number of ketones is 1. The zero-order chi connectivity index (χ0) is 32.8. The van der Waals surface area contributed by atoms with Crippen LogP contribution in [0.1, 0.15) is 29.4 Å². The molecule has 4 aliphatic heterocycles. The third kappa shape index (κ3) is 5.59. The quantitative estimate of drug-likeness (QED) is 0.218. The number of hydrogen-bond acceptors (Lipinski definition) is 15. The van der Waals surface area contributed by atoms with Crippen molar-refractivity contribution in [2.45, 2.75) is 55.4 Å². The fourth-order valence-electron chi connectivity index (χ4n) is 5.36. The van der Waals surface area contributed by atoms with E-state index in [1.807, 2.05) is 0 Å². The van der Waals surface area contributed by atoms with Crippen molar-refractivity contribution < 1.29 is 50.4 Å². The molecule has 4 aliphatic rings. The molecule has 0 aromatic carbocycles. The minimum Gasteiger partial charge on any atom is -0.369 e. The highest BCUT2D eigenvalue weighted by Crippen LogP contribution is 2.61. The third-order valence-electron chi connectivity index (χ3n) is 7.45. The number of fused-ring (bicyclic) bond motifs is 5. The van der Waals surface area contributed by atoms with Gasteiger partial charge in [-0.25, -0.2) is 28.1 Å². The average Bonchev–Trinajstić information content (AvgIpc) is 3.71. The second-order valence-electron chi connectivity index (χ2n) is 10.4. The van der Waals surface area contributed by atoms with Gasteiger partial charge in [0.15, 0.2) is 59.3 Å². The second-order valence-corrected chi connectivity index (χ2v) is 18.4. The first-order valence-electron chi connectivity index (χ1n) is 13.1. The number of thiol groups is 1. The van der Waals surface area contributed by atoms with E-state index in [2.05, 4.69) is 37.2 Å². The number of nitrogen functional groups attached to an aromatic ring is 1. The Labute approximate surface area is 270 Å². The Morgan fingerprint density at radius 3 is 2.65 bits per heavy atom. The lowest BCUT2D eigenvalue weighted by Crippen LogP contribution is -2.42. The average molecular weight is 745 g/mol. The van der Waals surface area contributed by atoms with Crippen LogP contribution < -0.4 is 11.3 Å². The van der Waals surface area contributed by atoms with Crippen molar-refractivity contribution in [2.75, 3.05) is 18.9 Å². The van der Waals surface area contributed by atoms with Gasteiger partial charge in [0.1, 0.15) is 12.2 Å². The van der Waals surface area contributed by atoms with Crippen LogP contribution in [0, 0.1) is 0 Å². The first-order valence-corrected chi connectivity index (χ1v) is 19.5. The summed E-state index contributed by atoms with van der Waals surface area (Å²) in [5.74, 6) is -4.54. The highest BCUT2D eigenvalue weighted by molar-refractivity contribution is 8.60.